The second-order valence-corrected chi connectivity index (χ2v) is 18.2. The number of alkyl halides is 3. The van der Waals surface area contributed by atoms with Crippen LogP contribution in [0.5, 0.6) is 0 Å². The van der Waals surface area contributed by atoms with Crippen molar-refractivity contribution in [3.8, 4) is 0 Å². The maximum atomic E-state index is 13.4. The number of fused-ring (bicyclic) bond motifs is 2. The first-order valence-electron chi connectivity index (χ1n) is 20.5. The molecule has 14 nitrogen and oxygen atoms in total. The van der Waals surface area contributed by atoms with Crippen molar-refractivity contribution in [3.63, 3.8) is 0 Å². The summed E-state index contributed by atoms with van der Waals surface area (Å²) in [5.41, 5.74) is -0.0117. The molecular weight excluding hydrogens is 816 g/mol. The van der Waals surface area contributed by atoms with Crippen molar-refractivity contribution in [2.24, 2.45) is 17.3 Å². The number of nitrogens with one attached hydrogen (secondary N) is 3. The number of hydrogen-bond acceptors (Lipinski definition) is 11. The van der Waals surface area contributed by atoms with Crippen LogP contribution in [0.3, 0.4) is 0 Å². The lowest BCUT2D eigenvalue weighted by molar-refractivity contribution is -0.141. The maximum Gasteiger partial charge on any atom is 0.433 e. The third-order valence-electron chi connectivity index (χ3n) is 12.9. The van der Waals surface area contributed by atoms with E-state index in [0.717, 1.165) is 92.7 Å². The van der Waals surface area contributed by atoms with E-state index in [2.05, 4.69) is 25.8 Å². The molecule has 4 N–H and O–H groups in total. The molecule has 318 valence electrons. The number of hydrogen-bond donors (Lipinski definition) is 4. The summed E-state index contributed by atoms with van der Waals surface area (Å²) >= 11 is 1.44. The quantitative estimate of drug-likeness (QED) is 0.120. The molecule has 1 atom stereocenters. The van der Waals surface area contributed by atoms with Gasteiger partial charge in [0.25, 0.3) is 17.7 Å². The largest absolute Gasteiger partial charge is 0.478 e. The first-order chi connectivity index (χ1) is 29.1. The average Bonchev–Trinajstić information content (AvgIpc) is 3.73. The van der Waals surface area contributed by atoms with Crippen molar-refractivity contribution in [1.29, 1.82) is 0 Å². The number of aromatic nitrogens is 2. The maximum absolute atomic E-state index is 13.4. The summed E-state index contributed by atoms with van der Waals surface area (Å²) in [5, 5.41) is 18.8. The zero-order valence-electron chi connectivity index (χ0n) is 32.8. The van der Waals surface area contributed by atoms with Crippen LogP contribution in [0.1, 0.15) is 116 Å². The number of likely N-dealkylation sites (tertiary alicyclic amines) is 1. The first-order valence-corrected chi connectivity index (χ1v) is 21.3. The lowest BCUT2D eigenvalue weighted by Gasteiger charge is -2.60. The van der Waals surface area contributed by atoms with E-state index in [1.807, 2.05) is 0 Å². The lowest BCUT2D eigenvalue weighted by Crippen LogP contribution is -2.63. The summed E-state index contributed by atoms with van der Waals surface area (Å²) in [6.45, 7) is 3.87. The van der Waals surface area contributed by atoms with E-state index < -0.39 is 59.1 Å². The number of thiazole rings is 1. The topological polar surface area (TPSA) is 191 Å². The van der Waals surface area contributed by atoms with Crippen LogP contribution in [-0.2, 0) is 15.8 Å². The summed E-state index contributed by atoms with van der Waals surface area (Å²) in [6.07, 6.45) is 2.69. The molecule has 5 amide bonds. The van der Waals surface area contributed by atoms with E-state index in [1.54, 1.807) is 18.2 Å². The van der Waals surface area contributed by atoms with Gasteiger partial charge in [0.05, 0.1) is 37.6 Å². The number of imide groups is 2. The van der Waals surface area contributed by atoms with Crippen LogP contribution < -0.4 is 16.0 Å². The molecule has 61 heavy (non-hydrogen) atoms. The highest BCUT2D eigenvalue weighted by molar-refractivity contribution is 7.18. The minimum atomic E-state index is -4.74. The number of carbonyl (C=O) groups is 6. The molecule has 2 saturated carbocycles. The molecule has 2 aromatic carbocycles. The monoisotopic (exact) mass is 857 g/mol. The number of piperidine rings is 1. The SMILES string of the molecule is O=C1CCC(N2C(=O)c3cccc(NCCC4CC5(C4)CN(CC4CCC(c6nc7cc(C(=O)O)c(NC(=O)c8cccc(C(F)(F)F)n8)cc7s6)CC4)C5)c3C2=O)C(=O)N1. The molecule has 2 saturated heterocycles. The number of pyridine rings is 1. The third-order valence-corrected chi connectivity index (χ3v) is 14.1. The Balaban J connectivity index is 0.727. The predicted molar refractivity (Wildman–Crippen MR) is 216 cm³/mol. The van der Waals surface area contributed by atoms with Gasteiger partial charge in [-0.25, -0.2) is 14.8 Å². The zero-order valence-corrected chi connectivity index (χ0v) is 33.7. The van der Waals surface area contributed by atoms with Gasteiger partial charge in [0.15, 0.2) is 0 Å². The summed E-state index contributed by atoms with van der Waals surface area (Å²) < 4.78 is 40.2. The number of aromatic carboxylic acids is 1. The van der Waals surface area contributed by atoms with E-state index >= 15 is 0 Å². The van der Waals surface area contributed by atoms with Gasteiger partial charge in [-0.3, -0.25) is 34.2 Å². The van der Waals surface area contributed by atoms with Crippen LogP contribution in [0.15, 0.2) is 48.5 Å². The molecule has 5 aliphatic rings. The Labute approximate surface area is 351 Å². The minimum absolute atomic E-state index is 0.0435. The van der Waals surface area contributed by atoms with Gasteiger partial charge in [0.1, 0.15) is 17.4 Å². The standard InChI is InChI=1S/C43H42F3N7O7S/c44-43(45,46)33-6-2-5-28(48-33)36(55)49-29-16-32-30(15-26(29)41(59)60)50-38(61-32)24-9-7-22(8-10-24)19-52-20-42(21-52)17-23(18-42)13-14-47-27-4-1-3-25-35(27)40(58)53(39(25)57)31-11-12-34(54)51-37(31)56/h1-6,15-16,22-24,31,47H,7-14,17-21H2,(H,49,55)(H,59,60)(H,51,54,56). The molecule has 3 aliphatic heterocycles. The third kappa shape index (κ3) is 7.86. The van der Waals surface area contributed by atoms with Gasteiger partial charge in [0, 0.05) is 44.2 Å². The van der Waals surface area contributed by atoms with Crippen molar-refractivity contribution in [2.75, 3.05) is 36.8 Å². The fourth-order valence-corrected chi connectivity index (χ4v) is 11.2. The van der Waals surface area contributed by atoms with Crippen LogP contribution >= 0.6 is 11.3 Å². The first kappa shape index (κ1) is 40.6. The van der Waals surface area contributed by atoms with Crippen molar-refractivity contribution < 1.29 is 47.0 Å². The molecule has 4 aromatic rings. The van der Waals surface area contributed by atoms with Gasteiger partial charge in [-0.15, -0.1) is 11.3 Å². The number of carbonyl (C=O) groups excluding carboxylic acids is 5. The van der Waals surface area contributed by atoms with Crippen molar-refractivity contribution >= 4 is 68.4 Å². The van der Waals surface area contributed by atoms with Gasteiger partial charge in [-0.1, -0.05) is 12.1 Å². The smallest absolute Gasteiger partial charge is 0.433 e. The molecule has 1 unspecified atom stereocenters. The number of benzene rings is 2. The Morgan fingerprint density at radius 3 is 2.39 bits per heavy atom. The molecular formula is C43H42F3N7O7S. The average molecular weight is 858 g/mol. The van der Waals surface area contributed by atoms with Crippen molar-refractivity contribution in [3.05, 3.63) is 81.6 Å². The highest BCUT2D eigenvalue weighted by atomic mass is 32.1. The number of amides is 5. The molecule has 0 radical (unpaired) electrons. The van der Waals surface area contributed by atoms with Crippen molar-refractivity contribution in [2.45, 2.75) is 75.9 Å². The van der Waals surface area contributed by atoms with Crippen LogP contribution in [0, 0.1) is 17.3 Å². The van der Waals surface area contributed by atoms with Gasteiger partial charge in [0.2, 0.25) is 11.8 Å². The minimum Gasteiger partial charge on any atom is -0.478 e. The zero-order chi connectivity index (χ0) is 42.8. The number of carboxylic acids is 1. The Morgan fingerprint density at radius 2 is 1.67 bits per heavy atom. The summed E-state index contributed by atoms with van der Waals surface area (Å²) in [5.74, 6) is -2.98. The van der Waals surface area contributed by atoms with Crippen molar-refractivity contribution in [1.82, 2.24) is 25.1 Å². The fraction of sp³-hybridized carbons (Fsp3) is 0.442. The Kier molecular flexibility index (Phi) is 10.4. The van der Waals surface area contributed by atoms with Crippen LogP contribution in [0.25, 0.3) is 10.2 Å². The van der Waals surface area contributed by atoms with Gasteiger partial charge < -0.3 is 20.6 Å². The predicted octanol–water partition coefficient (Wildman–Crippen LogP) is 6.55. The normalized spacial score (nSPS) is 22.8. The second-order valence-electron chi connectivity index (χ2n) is 17.1. The Bertz CT molecular complexity index is 2490. The van der Waals surface area contributed by atoms with Crippen LogP contribution in [-0.4, -0.2) is 92.6 Å². The molecule has 4 fully saturated rings. The van der Waals surface area contributed by atoms with E-state index in [4.69, 9.17) is 4.98 Å². The number of rotatable bonds is 11. The van der Waals surface area contributed by atoms with Crippen LogP contribution in [0.4, 0.5) is 24.5 Å². The number of nitrogens with zero attached hydrogens (tertiary/aromatic N) is 4. The molecule has 2 aromatic heterocycles. The molecule has 5 heterocycles. The van der Waals surface area contributed by atoms with Crippen LogP contribution in [0.2, 0.25) is 0 Å². The highest BCUT2D eigenvalue weighted by Gasteiger charge is 2.52. The van der Waals surface area contributed by atoms with E-state index in [0.29, 0.717) is 39.7 Å². The number of anilines is 2. The molecule has 0 bridgehead atoms. The lowest BCUT2D eigenvalue weighted by atomic mass is 9.57. The van der Waals surface area contributed by atoms with E-state index in [-0.39, 0.29) is 41.1 Å². The Morgan fingerprint density at radius 1 is 0.918 bits per heavy atom. The van der Waals surface area contributed by atoms with Gasteiger partial charge >= 0.3 is 12.1 Å². The van der Waals surface area contributed by atoms with Gasteiger partial charge in [-0.2, -0.15) is 13.2 Å². The Hall–Kier alpha value is -5.75. The fourth-order valence-electron chi connectivity index (χ4n) is 10.0. The van der Waals surface area contributed by atoms with E-state index in [9.17, 15) is 47.0 Å². The van der Waals surface area contributed by atoms with Gasteiger partial charge in [-0.05, 0) is 105 Å². The number of halogens is 3. The molecule has 2 aliphatic carbocycles. The molecule has 18 heteroatoms. The summed E-state index contributed by atoms with van der Waals surface area (Å²) in [6, 6.07) is 9.96. The molecule has 1 spiro atoms. The highest BCUT2D eigenvalue weighted by Crippen LogP contribution is 2.53. The summed E-state index contributed by atoms with van der Waals surface area (Å²) in [7, 11) is 0. The summed E-state index contributed by atoms with van der Waals surface area (Å²) in [4.78, 5) is 87.4. The van der Waals surface area contributed by atoms with E-state index in [1.165, 1.54) is 23.5 Å². The molecule has 9 rings (SSSR count). The number of carboxylic acid groups (broad SMARTS) is 1. The second kappa shape index (κ2) is 15.6.